The van der Waals surface area contributed by atoms with E-state index in [0.29, 0.717) is 18.3 Å². The summed E-state index contributed by atoms with van der Waals surface area (Å²) in [6.45, 7) is -2.57. The third-order valence-corrected chi connectivity index (χ3v) is 5.78. The average Bonchev–Trinajstić information content (AvgIpc) is 3.57. The topological polar surface area (TPSA) is 143 Å². The molecule has 0 bridgehead atoms. The van der Waals surface area contributed by atoms with Gasteiger partial charge in [-0.2, -0.15) is 13.9 Å². The number of nitrogens with zero attached hydrogens (tertiary/aromatic N) is 7. The zero-order valence-electron chi connectivity index (χ0n) is 18.3. The lowest BCUT2D eigenvalue weighted by Gasteiger charge is -2.14. The van der Waals surface area contributed by atoms with Crippen molar-refractivity contribution in [3.8, 4) is 0 Å². The quantitative estimate of drug-likeness (QED) is 0.303. The fraction of sp³-hybridized carbons (Fsp3) is 0.273. The molecular formula is C22H20F3N9O. The molecule has 0 unspecified atom stereocenters. The second-order valence-corrected chi connectivity index (χ2v) is 8.16. The molecular weight excluding hydrogens is 463 g/mol. The summed E-state index contributed by atoms with van der Waals surface area (Å²) in [6.07, 6.45) is 5.13. The summed E-state index contributed by atoms with van der Waals surface area (Å²) in [4.78, 5) is 29.1. The van der Waals surface area contributed by atoms with Crippen molar-refractivity contribution in [2.75, 3.05) is 5.73 Å². The zero-order chi connectivity index (χ0) is 24.7. The Kier molecular flexibility index (Phi) is 5.67. The van der Waals surface area contributed by atoms with Gasteiger partial charge in [0, 0.05) is 24.5 Å². The van der Waals surface area contributed by atoms with E-state index in [1.165, 1.54) is 27.7 Å². The fourth-order valence-electron chi connectivity index (χ4n) is 3.93. The van der Waals surface area contributed by atoms with Gasteiger partial charge < -0.3 is 11.5 Å². The Labute approximate surface area is 195 Å². The van der Waals surface area contributed by atoms with Gasteiger partial charge in [0.2, 0.25) is 0 Å². The van der Waals surface area contributed by atoms with Crippen molar-refractivity contribution in [1.29, 1.82) is 0 Å². The Balaban J connectivity index is 1.68. The van der Waals surface area contributed by atoms with E-state index in [1.807, 2.05) is 0 Å². The van der Waals surface area contributed by atoms with Gasteiger partial charge in [-0.05, 0) is 30.9 Å². The molecule has 0 spiro atoms. The molecule has 3 heterocycles. The molecule has 1 aliphatic rings. The number of allylic oxidation sites excluding steroid dienone is 1. The van der Waals surface area contributed by atoms with Crippen LogP contribution < -0.4 is 17.0 Å². The van der Waals surface area contributed by atoms with Crippen LogP contribution in [0.4, 0.5) is 19.0 Å². The maximum absolute atomic E-state index is 14.5. The van der Waals surface area contributed by atoms with Gasteiger partial charge in [-0.15, -0.1) is 0 Å². The van der Waals surface area contributed by atoms with Crippen LogP contribution in [0.15, 0.2) is 40.5 Å². The third kappa shape index (κ3) is 4.20. The van der Waals surface area contributed by atoms with Crippen LogP contribution in [0.1, 0.15) is 24.4 Å². The van der Waals surface area contributed by atoms with E-state index in [1.54, 1.807) is 6.07 Å². The zero-order valence-corrected chi connectivity index (χ0v) is 18.3. The number of hydrogen-bond donors (Lipinski definition) is 2. The first-order valence-corrected chi connectivity index (χ1v) is 10.8. The van der Waals surface area contributed by atoms with Crippen LogP contribution in [0.3, 0.4) is 0 Å². The van der Waals surface area contributed by atoms with Gasteiger partial charge in [0.25, 0.3) is 5.56 Å². The van der Waals surface area contributed by atoms with Crippen molar-refractivity contribution in [2.24, 2.45) is 16.6 Å². The molecule has 4 aromatic rings. The molecule has 0 atom stereocenters. The van der Waals surface area contributed by atoms with Gasteiger partial charge in [0.05, 0.1) is 10.9 Å². The highest BCUT2D eigenvalue weighted by molar-refractivity contribution is 6.14. The minimum atomic E-state index is -2.94. The minimum Gasteiger partial charge on any atom is -0.404 e. The maximum atomic E-state index is 14.5. The van der Waals surface area contributed by atoms with Gasteiger partial charge in [0.1, 0.15) is 41.4 Å². The van der Waals surface area contributed by atoms with E-state index in [-0.39, 0.29) is 45.6 Å². The van der Waals surface area contributed by atoms with Crippen molar-refractivity contribution in [2.45, 2.75) is 32.5 Å². The van der Waals surface area contributed by atoms with Crippen LogP contribution in [0, 0.1) is 11.7 Å². The molecule has 10 nitrogen and oxygen atoms in total. The predicted octanol–water partition coefficient (Wildman–Crippen LogP) is 2.31. The number of aromatic nitrogens is 6. The maximum Gasteiger partial charge on any atom is 0.331 e. The van der Waals surface area contributed by atoms with Crippen LogP contribution >= 0.6 is 0 Å². The lowest BCUT2D eigenvalue weighted by molar-refractivity contribution is 0.161. The van der Waals surface area contributed by atoms with Crippen molar-refractivity contribution in [3.05, 3.63) is 58.4 Å². The van der Waals surface area contributed by atoms with Crippen LogP contribution in [0.5, 0.6) is 0 Å². The summed E-state index contributed by atoms with van der Waals surface area (Å²) in [5.41, 5.74) is 12.0. The van der Waals surface area contributed by atoms with E-state index >= 15 is 0 Å². The second-order valence-electron chi connectivity index (χ2n) is 8.16. The van der Waals surface area contributed by atoms with Crippen molar-refractivity contribution in [3.63, 3.8) is 0 Å². The summed E-state index contributed by atoms with van der Waals surface area (Å²) in [7, 11) is 0. The van der Waals surface area contributed by atoms with Crippen molar-refractivity contribution in [1.82, 2.24) is 29.3 Å². The summed E-state index contributed by atoms with van der Waals surface area (Å²) >= 11 is 0. The Hall–Kier alpha value is -4.29. The van der Waals surface area contributed by atoms with Gasteiger partial charge >= 0.3 is 6.55 Å². The lowest BCUT2D eigenvalue weighted by Crippen LogP contribution is -2.28. The van der Waals surface area contributed by atoms with E-state index < -0.39 is 17.9 Å². The molecule has 1 saturated carbocycles. The molecule has 1 fully saturated rings. The summed E-state index contributed by atoms with van der Waals surface area (Å²) in [6, 6.07) is 4.27. The van der Waals surface area contributed by atoms with Gasteiger partial charge in [-0.1, -0.05) is 6.07 Å². The fourth-order valence-corrected chi connectivity index (χ4v) is 3.93. The summed E-state index contributed by atoms with van der Waals surface area (Å²) < 4.78 is 42.7. The van der Waals surface area contributed by atoms with E-state index in [4.69, 9.17) is 11.5 Å². The predicted molar refractivity (Wildman–Crippen MR) is 124 cm³/mol. The molecule has 1 aromatic carbocycles. The van der Waals surface area contributed by atoms with Gasteiger partial charge in [-0.25, -0.2) is 29.0 Å². The smallest absolute Gasteiger partial charge is 0.331 e. The van der Waals surface area contributed by atoms with Gasteiger partial charge in [0.15, 0.2) is 5.65 Å². The second kappa shape index (κ2) is 8.81. The van der Waals surface area contributed by atoms with E-state index in [9.17, 15) is 18.0 Å². The number of benzene rings is 1. The number of nitrogen functional groups attached to an aromatic ring is 1. The van der Waals surface area contributed by atoms with Crippen molar-refractivity contribution >= 4 is 39.5 Å². The normalized spacial score (nSPS) is 14.7. The number of alkyl halides is 2. The first-order chi connectivity index (χ1) is 16.9. The summed E-state index contributed by atoms with van der Waals surface area (Å²) in [5, 5.41) is 4.69. The largest absolute Gasteiger partial charge is 0.404 e. The van der Waals surface area contributed by atoms with E-state index in [0.717, 1.165) is 25.3 Å². The molecule has 0 aliphatic heterocycles. The van der Waals surface area contributed by atoms with Crippen LogP contribution in [-0.4, -0.2) is 42.1 Å². The summed E-state index contributed by atoms with van der Waals surface area (Å²) in [5.74, 6) is 0.0646. The molecule has 0 amide bonds. The molecule has 35 heavy (non-hydrogen) atoms. The Morgan fingerprint density at radius 3 is 2.77 bits per heavy atom. The lowest BCUT2D eigenvalue weighted by atomic mass is 10.1. The monoisotopic (exact) mass is 483 g/mol. The number of aliphatic imine (C=N–C) groups is 1. The highest BCUT2D eigenvalue weighted by Gasteiger charge is 2.26. The molecule has 1 aliphatic carbocycles. The molecule has 180 valence electrons. The number of fused-ring (bicyclic) bond motifs is 2. The number of halogens is 3. The van der Waals surface area contributed by atoms with Gasteiger partial charge in [-0.3, -0.25) is 9.36 Å². The third-order valence-electron chi connectivity index (χ3n) is 5.78. The van der Waals surface area contributed by atoms with E-state index in [2.05, 4.69) is 25.0 Å². The van der Waals surface area contributed by atoms with Crippen molar-refractivity contribution < 1.29 is 13.2 Å². The highest BCUT2D eigenvalue weighted by atomic mass is 19.3. The highest BCUT2D eigenvalue weighted by Crippen LogP contribution is 2.31. The molecule has 4 N–H and O–H groups in total. The molecule has 3 aromatic heterocycles. The van der Waals surface area contributed by atoms with Crippen LogP contribution in [-0.2, 0) is 13.1 Å². The number of nitrogens with two attached hydrogens (primary N) is 2. The molecule has 13 heteroatoms. The first-order valence-electron chi connectivity index (χ1n) is 10.8. The number of anilines is 1. The Morgan fingerprint density at radius 1 is 1.26 bits per heavy atom. The van der Waals surface area contributed by atoms with Crippen LogP contribution in [0.25, 0.3) is 27.5 Å². The Morgan fingerprint density at radius 2 is 2.06 bits per heavy atom. The first kappa shape index (κ1) is 22.5. The number of hydrogen-bond acceptors (Lipinski definition) is 8. The average molecular weight is 483 g/mol. The number of rotatable bonds is 7. The standard InChI is InChI=1S/C22H20F3N9O/c23-13-2-1-3-14-16(13)21(35)33(8-11-4-5-11)15(31-14)9-34-20-17(19(27)29-10-30-20)18(32-34)12(6-26)7-28-22(24)25/h1-3,6-7,10-11,22H,4-5,8-9,26H2,(H2,27,29,30). The molecule has 5 rings (SSSR count). The minimum absolute atomic E-state index is 0.0226. The molecule has 0 radical (unpaired) electrons. The molecule has 0 saturated heterocycles. The SMILES string of the molecule is NC=C(C=NC(F)F)c1nn(Cc2nc3cccc(F)c3c(=O)n2CC2CC2)c2ncnc(N)c12. The Bertz CT molecular complexity index is 1550. The van der Waals surface area contributed by atoms with Crippen LogP contribution in [0.2, 0.25) is 0 Å².